The number of carbonyl (C=O) groups is 1. The number of esters is 1. The highest BCUT2D eigenvalue weighted by molar-refractivity contribution is 5.69. The monoisotopic (exact) mass is 507 g/mol. The summed E-state index contributed by atoms with van der Waals surface area (Å²) in [7, 11) is 1.38. The molecule has 0 aromatic heterocycles. The van der Waals surface area contributed by atoms with E-state index in [0.29, 0.717) is 19.5 Å². The van der Waals surface area contributed by atoms with Crippen LogP contribution in [0.25, 0.3) is 0 Å². The van der Waals surface area contributed by atoms with E-state index >= 15 is 0 Å². The molecule has 0 spiro atoms. The zero-order valence-electron chi connectivity index (χ0n) is 20.5. The van der Waals surface area contributed by atoms with E-state index in [4.69, 9.17) is 11.2 Å². The number of hydrogen-bond acceptors (Lipinski definition) is 5. The second-order valence-electron chi connectivity index (χ2n) is 9.42. The first kappa shape index (κ1) is 26.4. The zero-order chi connectivity index (χ0) is 26.5. The molecule has 2 aliphatic rings. The number of alkyl halides is 3. The minimum atomic E-state index is -4.64. The molecule has 2 aliphatic heterocycles. The van der Waals surface area contributed by atoms with Crippen LogP contribution in [0.1, 0.15) is 41.0 Å². The van der Waals surface area contributed by atoms with Crippen molar-refractivity contribution >= 4 is 5.97 Å². The van der Waals surface area contributed by atoms with Crippen LogP contribution in [-0.4, -0.2) is 37.2 Å². The number of nitrogens with zero attached hydrogens (tertiary/aromatic N) is 3. The molecule has 37 heavy (non-hydrogen) atoms. The second-order valence-corrected chi connectivity index (χ2v) is 9.42. The predicted molar refractivity (Wildman–Crippen MR) is 134 cm³/mol. The fourth-order valence-electron chi connectivity index (χ4n) is 5.02. The average Bonchev–Trinajstić information content (AvgIpc) is 3.16. The van der Waals surface area contributed by atoms with Gasteiger partial charge in [-0.05, 0) is 59.2 Å². The van der Waals surface area contributed by atoms with Crippen molar-refractivity contribution in [2.24, 2.45) is 16.1 Å². The van der Waals surface area contributed by atoms with E-state index in [0.717, 1.165) is 35.7 Å². The summed E-state index contributed by atoms with van der Waals surface area (Å²) in [6, 6.07) is 14.2. The van der Waals surface area contributed by atoms with Crippen LogP contribution in [0.15, 0.2) is 83.2 Å². The number of azo groups is 1. The minimum Gasteiger partial charge on any atom is -0.469 e. The lowest BCUT2D eigenvalue weighted by Gasteiger charge is -2.38. The van der Waals surface area contributed by atoms with Crippen LogP contribution >= 0.6 is 0 Å². The number of benzene rings is 2. The molecule has 1 unspecified atom stereocenters. The Kier molecular flexibility index (Phi) is 7.94. The fourth-order valence-corrected chi connectivity index (χ4v) is 5.02. The molecule has 5 nitrogen and oxygen atoms in total. The molecule has 2 aromatic carbocycles. The largest absolute Gasteiger partial charge is 0.469 e. The van der Waals surface area contributed by atoms with Crippen LogP contribution in [0.2, 0.25) is 0 Å². The highest BCUT2D eigenvalue weighted by Gasteiger charge is 2.55. The van der Waals surface area contributed by atoms with Gasteiger partial charge in [0.15, 0.2) is 0 Å². The Bertz CT molecular complexity index is 1210. The minimum absolute atomic E-state index is 0.00106. The van der Waals surface area contributed by atoms with Crippen LogP contribution < -0.4 is 0 Å². The number of rotatable bonds is 6. The van der Waals surface area contributed by atoms with Crippen molar-refractivity contribution in [2.75, 3.05) is 20.2 Å². The first-order valence-corrected chi connectivity index (χ1v) is 12.0. The lowest BCUT2D eigenvalue weighted by atomic mass is 9.82. The van der Waals surface area contributed by atoms with Gasteiger partial charge in [0.05, 0.1) is 7.11 Å². The molecule has 8 heteroatoms. The van der Waals surface area contributed by atoms with E-state index in [1.807, 2.05) is 24.3 Å². The van der Waals surface area contributed by atoms with E-state index in [2.05, 4.69) is 21.0 Å². The summed E-state index contributed by atoms with van der Waals surface area (Å²) in [6.45, 7) is 1.98. The van der Waals surface area contributed by atoms with Gasteiger partial charge in [-0.2, -0.15) is 23.4 Å². The van der Waals surface area contributed by atoms with Crippen LogP contribution in [0.3, 0.4) is 0 Å². The Balaban J connectivity index is 1.54. The third kappa shape index (κ3) is 6.00. The molecule has 1 saturated heterocycles. The smallest absolute Gasteiger partial charge is 0.423 e. The Labute approximate surface area is 214 Å². The molecule has 0 radical (unpaired) electrons. The Hall–Kier alpha value is -3.70. The summed E-state index contributed by atoms with van der Waals surface area (Å²) in [5, 5.41) is 7.18. The van der Waals surface area contributed by atoms with Crippen LogP contribution in [0.5, 0.6) is 0 Å². The van der Waals surface area contributed by atoms with Crippen molar-refractivity contribution < 1.29 is 22.7 Å². The maximum absolute atomic E-state index is 14.1. The van der Waals surface area contributed by atoms with Crippen molar-refractivity contribution in [3.8, 4) is 12.3 Å². The average molecular weight is 508 g/mol. The molecular formula is C29H28F3N3O2. The molecule has 0 N–H and O–H groups in total. The predicted octanol–water partition coefficient (Wildman–Crippen LogP) is 6.13. The second kappa shape index (κ2) is 11.1. The fraction of sp³-hybridized carbons (Fsp3) is 0.345. The van der Waals surface area contributed by atoms with Crippen molar-refractivity contribution in [3.05, 3.63) is 95.2 Å². The van der Waals surface area contributed by atoms with E-state index in [-0.39, 0.29) is 23.4 Å². The first-order valence-electron chi connectivity index (χ1n) is 12.0. The van der Waals surface area contributed by atoms with Gasteiger partial charge < -0.3 is 4.74 Å². The zero-order valence-corrected chi connectivity index (χ0v) is 20.5. The Morgan fingerprint density at radius 3 is 2.51 bits per heavy atom. The van der Waals surface area contributed by atoms with Gasteiger partial charge in [0, 0.05) is 37.8 Å². The Morgan fingerprint density at radius 2 is 1.86 bits per heavy atom. The number of likely N-dealkylation sites (tertiary alicyclic amines) is 1. The number of methoxy groups -OCH3 is 1. The SMILES string of the molecule is C#Cc1ccc([C@H]2C[C@H](CC(=O)OC)CN(Cc3ccc(C4(C(F)(F)F)C=CC=CN=N4)cc3)C2)cc1. The van der Waals surface area contributed by atoms with Crippen molar-refractivity contribution in [1.82, 2.24) is 4.90 Å². The molecular weight excluding hydrogens is 479 g/mol. The van der Waals surface area contributed by atoms with Gasteiger partial charge in [0.2, 0.25) is 5.54 Å². The number of hydrogen-bond donors (Lipinski definition) is 0. The van der Waals surface area contributed by atoms with E-state index in [9.17, 15) is 18.0 Å². The third-order valence-corrected chi connectivity index (χ3v) is 6.89. The van der Waals surface area contributed by atoms with E-state index in [1.165, 1.54) is 37.6 Å². The van der Waals surface area contributed by atoms with Crippen LogP contribution in [0, 0.1) is 18.3 Å². The number of terminal acetylenes is 1. The number of ether oxygens (including phenoxy) is 1. The maximum Gasteiger partial charge on any atom is 0.423 e. The topological polar surface area (TPSA) is 54.3 Å². The summed E-state index contributed by atoms with van der Waals surface area (Å²) in [5.41, 5.74) is 0.287. The maximum atomic E-state index is 14.1. The molecule has 3 atom stereocenters. The van der Waals surface area contributed by atoms with Gasteiger partial charge in [0.1, 0.15) is 0 Å². The summed E-state index contributed by atoms with van der Waals surface area (Å²) in [4.78, 5) is 14.3. The molecule has 2 aromatic rings. The van der Waals surface area contributed by atoms with Crippen LogP contribution in [0.4, 0.5) is 13.2 Å². The molecule has 4 rings (SSSR count). The lowest BCUT2D eigenvalue weighted by molar-refractivity contribution is -0.175. The summed E-state index contributed by atoms with van der Waals surface area (Å²) in [5.74, 6) is 2.65. The quantitative estimate of drug-likeness (QED) is 0.349. The highest BCUT2D eigenvalue weighted by Crippen LogP contribution is 2.44. The van der Waals surface area contributed by atoms with Crippen molar-refractivity contribution in [3.63, 3.8) is 0 Å². The molecule has 0 bridgehead atoms. The number of halogens is 3. The van der Waals surface area contributed by atoms with E-state index in [1.54, 1.807) is 12.1 Å². The summed E-state index contributed by atoms with van der Waals surface area (Å²) >= 11 is 0. The number of allylic oxidation sites excluding steroid dienone is 2. The molecule has 192 valence electrons. The number of carbonyl (C=O) groups excluding carboxylic acids is 1. The van der Waals surface area contributed by atoms with Gasteiger partial charge in [-0.15, -0.1) is 6.42 Å². The molecule has 0 aliphatic carbocycles. The van der Waals surface area contributed by atoms with Crippen molar-refractivity contribution in [2.45, 2.75) is 37.0 Å². The van der Waals surface area contributed by atoms with Gasteiger partial charge >= 0.3 is 12.1 Å². The lowest BCUT2D eigenvalue weighted by Crippen LogP contribution is -2.40. The first-order chi connectivity index (χ1) is 17.7. The molecule has 1 fully saturated rings. The Morgan fingerprint density at radius 1 is 1.14 bits per heavy atom. The van der Waals surface area contributed by atoms with Gasteiger partial charge in [0.25, 0.3) is 0 Å². The molecule has 0 amide bonds. The summed E-state index contributed by atoms with van der Waals surface area (Å²) in [6.07, 6.45) is 6.97. The van der Waals surface area contributed by atoms with E-state index < -0.39 is 11.7 Å². The third-order valence-electron chi connectivity index (χ3n) is 6.89. The number of piperidine rings is 1. The standard InChI is InChI=1S/C29H28F3N3O2/c1-3-21-6-10-24(11-7-21)25-16-23(17-27(36)37-2)19-35(20-25)18-22-8-12-26(13-9-22)28(29(30,31)32)14-4-5-15-33-34-28/h1,4-15,23,25H,16-20H2,2H3/t23-,25+,28?/m1/s1. The van der Waals surface area contributed by atoms with Crippen LogP contribution in [-0.2, 0) is 21.6 Å². The van der Waals surface area contributed by atoms with Crippen molar-refractivity contribution in [1.29, 1.82) is 0 Å². The molecule has 2 heterocycles. The van der Waals surface area contributed by atoms with Gasteiger partial charge in [-0.25, -0.2) is 0 Å². The van der Waals surface area contributed by atoms with Gasteiger partial charge in [-0.3, -0.25) is 9.69 Å². The molecule has 0 saturated carbocycles. The normalized spacial score (nSPS) is 23.9. The van der Waals surface area contributed by atoms with Gasteiger partial charge in [-0.1, -0.05) is 48.4 Å². The highest BCUT2D eigenvalue weighted by atomic mass is 19.4. The summed E-state index contributed by atoms with van der Waals surface area (Å²) < 4.78 is 47.1.